The number of nitrogens with one attached hydrogen (secondary N) is 1. The second kappa shape index (κ2) is 5.71. The van der Waals surface area contributed by atoms with Crippen molar-refractivity contribution in [2.75, 3.05) is 16.9 Å². The zero-order valence-electron chi connectivity index (χ0n) is 10.2. The van der Waals surface area contributed by atoms with Crippen LogP contribution in [0, 0.1) is 6.92 Å². The van der Waals surface area contributed by atoms with Crippen molar-refractivity contribution in [1.82, 2.24) is 4.90 Å². The van der Waals surface area contributed by atoms with Crippen molar-refractivity contribution in [2.45, 2.75) is 13.0 Å². The molecule has 19 heavy (non-hydrogen) atoms. The predicted octanol–water partition coefficient (Wildman–Crippen LogP) is 2.64. The summed E-state index contributed by atoms with van der Waals surface area (Å²) in [6, 6.07) is 4.06. The van der Waals surface area contributed by atoms with E-state index in [2.05, 4.69) is 5.32 Å². The van der Waals surface area contributed by atoms with Crippen LogP contribution in [-0.2, 0) is 4.79 Å². The maximum Gasteiger partial charge on any atom is 0.327 e. The van der Waals surface area contributed by atoms with E-state index in [1.807, 2.05) is 13.0 Å². The lowest BCUT2D eigenvalue weighted by Crippen LogP contribution is -2.44. The Morgan fingerprint density at radius 1 is 1.53 bits per heavy atom. The summed E-state index contributed by atoms with van der Waals surface area (Å²) in [6.45, 7) is 1.89. The van der Waals surface area contributed by atoms with Gasteiger partial charge < -0.3 is 15.3 Å². The molecule has 0 aromatic heterocycles. The van der Waals surface area contributed by atoms with Gasteiger partial charge in [-0.2, -0.15) is 0 Å². The molecular weight excluding hydrogens is 288 g/mol. The highest BCUT2D eigenvalue weighted by atomic mass is 35.5. The van der Waals surface area contributed by atoms with Gasteiger partial charge in [0.25, 0.3) is 0 Å². The molecule has 2 rings (SSSR count). The summed E-state index contributed by atoms with van der Waals surface area (Å²) in [7, 11) is 0. The normalized spacial score (nSPS) is 18.4. The number of anilines is 1. The van der Waals surface area contributed by atoms with Gasteiger partial charge in [-0.1, -0.05) is 17.7 Å². The summed E-state index contributed by atoms with van der Waals surface area (Å²) in [5.41, 5.74) is 1.46. The Kier molecular flexibility index (Phi) is 4.21. The van der Waals surface area contributed by atoms with Crippen LogP contribution in [0.25, 0.3) is 0 Å². The highest BCUT2D eigenvalue weighted by molar-refractivity contribution is 7.99. The van der Waals surface area contributed by atoms with Crippen molar-refractivity contribution in [3.63, 3.8) is 0 Å². The van der Waals surface area contributed by atoms with Crippen molar-refractivity contribution in [3.8, 4) is 0 Å². The number of nitrogens with zero attached hydrogens (tertiary/aromatic N) is 1. The van der Waals surface area contributed by atoms with Gasteiger partial charge in [0, 0.05) is 5.75 Å². The minimum Gasteiger partial charge on any atom is -0.480 e. The number of hydrogen-bond donors (Lipinski definition) is 2. The van der Waals surface area contributed by atoms with Crippen LogP contribution in [0.1, 0.15) is 5.56 Å². The molecule has 5 nitrogen and oxygen atoms in total. The summed E-state index contributed by atoms with van der Waals surface area (Å²) in [5, 5.41) is 12.1. The minimum atomic E-state index is -0.990. The van der Waals surface area contributed by atoms with Crippen LogP contribution in [0.15, 0.2) is 18.2 Å². The van der Waals surface area contributed by atoms with Crippen LogP contribution in [0.3, 0.4) is 0 Å². The number of thioether (sulfide) groups is 1. The van der Waals surface area contributed by atoms with Gasteiger partial charge >= 0.3 is 12.0 Å². The quantitative estimate of drug-likeness (QED) is 0.881. The van der Waals surface area contributed by atoms with Gasteiger partial charge in [0.15, 0.2) is 0 Å². The number of urea groups is 1. The average molecular weight is 301 g/mol. The van der Waals surface area contributed by atoms with Gasteiger partial charge in [-0.05, 0) is 24.6 Å². The zero-order valence-corrected chi connectivity index (χ0v) is 11.8. The number of carboxylic acid groups (broad SMARTS) is 1. The molecule has 102 valence electrons. The third kappa shape index (κ3) is 3.13. The highest BCUT2D eigenvalue weighted by Crippen LogP contribution is 2.26. The molecular formula is C12H13ClN2O3S. The molecule has 0 aliphatic carbocycles. The molecule has 2 amide bonds. The average Bonchev–Trinajstić information content (AvgIpc) is 2.83. The molecule has 1 atom stereocenters. The Balaban J connectivity index is 2.12. The Hall–Kier alpha value is -1.40. The number of amides is 2. The summed E-state index contributed by atoms with van der Waals surface area (Å²) in [5.74, 6) is -0.216. The lowest BCUT2D eigenvalue weighted by molar-refractivity contribution is -0.140. The lowest BCUT2D eigenvalue weighted by Gasteiger charge is -2.21. The molecule has 0 bridgehead atoms. The van der Waals surface area contributed by atoms with E-state index in [9.17, 15) is 9.59 Å². The number of rotatable bonds is 2. The van der Waals surface area contributed by atoms with Crippen molar-refractivity contribution in [1.29, 1.82) is 0 Å². The maximum absolute atomic E-state index is 12.1. The lowest BCUT2D eigenvalue weighted by atomic mass is 10.2. The second-order valence-electron chi connectivity index (χ2n) is 4.24. The van der Waals surface area contributed by atoms with E-state index in [0.29, 0.717) is 22.3 Å². The van der Waals surface area contributed by atoms with E-state index >= 15 is 0 Å². The van der Waals surface area contributed by atoms with Gasteiger partial charge in [-0.25, -0.2) is 9.59 Å². The van der Waals surface area contributed by atoms with Gasteiger partial charge in [0.05, 0.1) is 16.6 Å². The fourth-order valence-corrected chi connectivity index (χ4v) is 3.08. The highest BCUT2D eigenvalue weighted by Gasteiger charge is 2.34. The number of aryl methyl sites for hydroxylation is 1. The summed E-state index contributed by atoms with van der Waals surface area (Å²) in [4.78, 5) is 24.4. The second-order valence-corrected chi connectivity index (χ2v) is 5.64. The fraction of sp³-hybridized carbons (Fsp3) is 0.333. The molecule has 1 fully saturated rings. The first-order valence-corrected chi connectivity index (χ1v) is 7.16. The molecule has 0 unspecified atom stereocenters. The van der Waals surface area contributed by atoms with Crippen molar-refractivity contribution in [3.05, 3.63) is 28.8 Å². The smallest absolute Gasteiger partial charge is 0.327 e. The van der Waals surface area contributed by atoms with Crippen LogP contribution < -0.4 is 5.32 Å². The van der Waals surface area contributed by atoms with E-state index in [0.717, 1.165) is 5.56 Å². The molecule has 1 aromatic rings. The van der Waals surface area contributed by atoms with E-state index in [1.165, 1.54) is 16.7 Å². The van der Waals surface area contributed by atoms with Gasteiger partial charge in [-0.3, -0.25) is 0 Å². The van der Waals surface area contributed by atoms with E-state index in [1.54, 1.807) is 12.1 Å². The van der Waals surface area contributed by atoms with E-state index in [4.69, 9.17) is 16.7 Å². The van der Waals surface area contributed by atoms with Crippen molar-refractivity contribution >= 4 is 41.1 Å². The van der Waals surface area contributed by atoms with E-state index in [-0.39, 0.29) is 0 Å². The molecule has 7 heteroatoms. The monoisotopic (exact) mass is 300 g/mol. The molecule has 0 radical (unpaired) electrons. The standard InChI is InChI=1S/C12H13ClN2O3S/c1-7-2-3-8(13)9(4-7)14-12(18)15-6-19-5-10(15)11(16)17/h2-4,10H,5-6H2,1H3,(H,14,18)(H,16,17)/t10-/m0/s1. The van der Waals surface area contributed by atoms with Gasteiger partial charge in [0.2, 0.25) is 0 Å². The summed E-state index contributed by atoms with van der Waals surface area (Å²) < 4.78 is 0. The number of benzene rings is 1. The Labute approximate surface area is 119 Å². The van der Waals surface area contributed by atoms with Crippen LogP contribution >= 0.6 is 23.4 Å². The third-order valence-electron chi connectivity index (χ3n) is 2.79. The number of aliphatic carboxylic acids is 1. The molecule has 0 spiro atoms. The Morgan fingerprint density at radius 2 is 2.26 bits per heavy atom. The molecule has 1 aliphatic rings. The molecule has 2 N–H and O–H groups in total. The zero-order chi connectivity index (χ0) is 14.0. The molecule has 1 saturated heterocycles. The number of carbonyl (C=O) groups excluding carboxylic acids is 1. The number of carbonyl (C=O) groups is 2. The largest absolute Gasteiger partial charge is 0.480 e. The first kappa shape index (κ1) is 14.0. The summed E-state index contributed by atoms with van der Waals surface area (Å²) >= 11 is 7.41. The van der Waals surface area contributed by atoms with Crippen LogP contribution in [0.4, 0.5) is 10.5 Å². The SMILES string of the molecule is Cc1ccc(Cl)c(NC(=O)N2CSC[C@H]2C(=O)O)c1. The predicted molar refractivity (Wildman–Crippen MR) is 75.8 cm³/mol. The number of halogens is 1. The molecule has 0 saturated carbocycles. The third-order valence-corrected chi connectivity index (χ3v) is 4.13. The van der Waals surface area contributed by atoms with Gasteiger partial charge in [-0.15, -0.1) is 11.8 Å². The van der Waals surface area contributed by atoms with Crippen LogP contribution in [-0.4, -0.2) is 39.7 Å². The minimum absolute atomic E-state index is 0.367. The fourth-order valence-electron chi connectivity index (χ4n) is 1.77. The maximum atomic E-state index is 12.1. The molecule has 1 aliphatic heterocycles. The Bertz CT molecular complexity index is 524. The van der Waals surface area contributed by atoms with Crippen molar-refractivity contribution < 1.29 is 14.7 Å². The number of carboxylic acids is 1. The molecule has 1 aromatic carbocycles. The first-order chi connectivity index (χ1) is 8.99. The van der Waals surface area contributed by atoms with E-state index < -0.39 is 18.0 Å². The number of hydrogen-bond acceptors (Lipinski definition) is 3. The van der Waals surface area contributed by atoms with Crippen LogP contribution in [0.5, 0.6) is 0 Å². The van der Waals surface area contributed by atoms with Crippen molar-refractivity contribution in [2.24, 2.45) is 0 Å². The topological polar surface area (TPSA) is 69.6 Å². The molecule has 1 heterocycles. The summed E-state index contributed by atoms with van der Waals surface area (Å²) in [6.07, 6.45) is 0. The first-order valence-electron chi connectivity index (χ1n) is 5.63. The van der Waals surface area contributed by atoms with Gasteiger partial charge in [0.1, 0.15) is 6.04 Å². The van der Waals surface area contributed by atoms with Crippen LogP contribution in [0.2, 0.25) is 5.02 Å². The Morgan fingerprint density at radius 3 is 2.95 bits per heavy atom.